The predicted octanol–water partition coefficient (Wildman–Crippen LogP) is 6.76. The molecule has 2 atom stereocenters. The second kappa shape index (κ2) is 9.91. The lowest BCUT2D eigenvalue weighted by Crippen LogP contribution is -2.25. The molecular weight excluding hydrogens is 481 g/mol. The standard InChI is InChI=1S/C25H21F3N2O4S/c26-25(27,28)16-3-1-4-17(13-16)29-24(34)30-21-12-11-20(35-21)14-7-9-15(10-8-14)22(31)18-5-2-6-19(18)23(32)33/h1,3-4,7-13,18-19H,2,5-6H2,(H,32,33)(H2,29,30,34)/t18-,19-/m1/s1. The topological polar surface area (TPSA) is 95.5 Å². The number of ketones is 1. The van der Waals surface area contributed by atoms with Crippen molar-refractivity contribution >= 4 is 39.8 Å². The number of aliphatic carboxylic acids is 1. The molecule has 2 amide bonds. The fraction of sp³-hybridized carbons (Fsp3) is 0.240. The van der Waals surface area contributed by atoms with E-state index in [2.05, 4.69) is 10.6 Å². The molecule has 1 aromatic heterocycles. The molecule has 3 N–H and O–H groups in total. The molecule has 1 fully saturated rings. The number of carboxylic acid groups (broad SMARTS) is 1. The van der Waals surface area contributed by atoms with Crippen molar-refractivity contribution in [1.29, 1.82) is 0 Å². The zero-order valence-electron chi connectivity index (χ0n) is 18.3. The number of carboxylic acids is 1. The van der Waals surface area contributed by atoms with E-state index in [4.69, 9.17) is 0 Å². The molecule has 4 rings (SSSR count). The van der Waals surface area contributed by atoms with Crippen molar-refractivity contribution in [3.05, 3.63) is 71.8 Å². The number of anilines is 2. The number of benzene rings is 2. The number of amides is 2. The van der Waals surface area contributed by atoms with Crippen LogP contribution in [-0.2, 0) is 11.0 Å². The first-order chi connectivity index (χ1) is 16.6. The van der Waals surface area contributed by atoms with Crippen molar-refractivity contribution in [3.8, 4) is 10.4 Å². The maximum atomic E-state index is 12.8. The van der Waals surface area contributed by atoms with E-state index in [0.717, 1.165) is 29.0 Å². The minimum Gasteiger partial charge on any atom is -0.481 e. The zero-order chi connectivity index (χ0) is 25.2. The van der Waals surface area contributed by atoms with E-state index in [0.29, 0.717) is 23.4 Å². The molecule has 0 spiro atoms. The van der Waals surface area contributed by atoms with Gasteiger partial charge in [0, 0.05) is 22.0 Å². The average Bonchev–Trinajstić information content (AvgIpc) is 3.48. The molecule has 1 heterocycles. The van der Waals surface area contributed by atoms with E-state index in [-0.39, 0.29) is 11.5 Å². The van der Waals surface area contributed by atoms with Crippen molar-refractivity contribution in [2.75, 3.05) is 10.6 Å². The van der Waals surface area contributed by atoms with Gasteiger partial charge in [-0.25, -0.2) is 4.79 Å². The molecule has 1 saturated carbocycles. The van der Waals surface area contributed by atoms with Crippen LogP contribution in [-0.4, -0.2) is 22.9 Å². The van der Waals surface area contributed by atoms with Crippen LogP contribution in [0, 0.1) is 11.8 Å². The molecule has 10 heteroatoms. The number of alkyl halides is 3. The molecule has 0 radical (unpaired) electrons. The van der Waals surface area contributed by atoms with Crippen LogP contribution in [0.5, 0.6) is 0 Å². The average molecular weight is 503 g/mol. The lowest BCUT2D eigenvalue weighted by molar-refractivity contribution is -0.142. The van der Waals surface area contributed by atoms with Gasteiger partial charge in [-0.05, 0) is 48.7 Å². The van der Waals surface area contributed by atoms with Gasteiger partial charge in [0.05, 0.1) is 16.5 Å². The van der Waals surface area contributed by atoms with Gasteiger partial charge in [0.25, 0.3) is 0 Å². The lowest BCUT2D eigenvalue weighted by atomic mass is 9.88. The van der Waals surface area contributed by atoms with Crippen LogP contribution in [0.1, 0.15) is 35.2 Å². The summed E-state index contributed by atoms with van der Waals surface area (Å²) in [7, 11) is 0. The van der Waals surface area contributed by atoms with Crippen LogP contribution >= 0.6 is 11.3 Å². The first-order valence-electron chi connectivity index (χ1n) is 10.8. The van der Waals surface area contributed by atoms with Gasteiger partial charge in [0.15, 0.2) is 5.78 Å². The van der Waals surface area contributed by atoms with Crippen molar-refractivity contribution < 1.29 is 32.7 Å². The van der Waals surface area contributed by atoms with Gasteiger partial charge < -0.3 is 10.4 Å². The molecule has 182 valence electrons. The third-order valence-corrected chi connectivity index (χ3v) is 6.96. The Balaban J connectivity index is 1.39. The quantitative estimate of drug-likeness (QED) is 0.325. The normalized spacial score (nSPS) is 17.7. The van der Waals surface area contributed by atoms with E-state index in [1.165, 1.54) is 23.5 Å². The predicted molar refractivity (Wildman–Crippen MR) is 127 cm³/mol. The van der Waals surface area contributed by atoms with E-state index >= 15 is 0 Å². The van der Waals surface area contributed by atoms with Gasteiger partial charge in [0.1, 0.15) is 0 Å². The Kier molecular flexibility index (Phi) is 6.93. The molecule has 0 bridgehead atoms. The molecule has 35 heavy (non-hydrogen) atoms. The summed E-state index contributed by atoms with van der Waals surface area (Å²) in [6.07, 6.45) is -2.71. The fourth-order valence-corrected chi connectivity index (χ4v) is 5.10. The van der Waals surface area contributed by atoms with Crippen LogP contribution in [0.4, 0.5) is 28.7 Å². The molecular formula is C25H21F3N2O4S. The maximum Gasteiger partial charge on any atom is 0.416 e. The number of carbonyl (C=O) groups is 3. The van der Waals surface area contributed by atoms with E-state index in [1.54, 1.807) is 36.4 Å². The number of urea groups is 1. The van der Waals surface area contributed by atoms with Crippen LogP contribution < -0.4 is 10.6 Å². The van der Waals surface area contributed by atoms with Gasteiger partial charge in [-0.3, -0.25) is 14.9 Å². The van der Waals surface area contributed by atoms with Crippen LogP contribution in [0.2, 0.25) is 0 Å². The summed E-state index contributed by atoms with van der Waals surface area (Å²) in [5.41, 5.74) is 0.421. The Morgan fingerprint density at radius 1 is 0.914 bits per heavy atom. The number of halogens is 3. The van der Waals surface area contributed by atoms with Gasteiger partial charge in [-0.2, -0.15) is 13.2 Å². The number of thiophene rings is 1. The minimum atomic E-state index is -4.51. The molecule has 0 aliphatic heterocycles. The van der Waals surface area contributed by atoms with Gasteiger partial charge in [-0.1, -0.05) is 36.8 Å². The van der Waals surface area contributed by atoms with E-state index in [9.17, 15) is 32.7 Å². The van der Waals surface area contributed by atoms with Crippen molar-refractivity contribution in [1.82, 2.24) is 0 Å². The molecule has 0 saturated heterocycles. The zero-order valence-corrected chi connectivity index (χ0v) is 19.1. The summed E-state index contributed by atoms with van der Waals surface area (Å²) >= 11 is 1.26. The summed E-state index contributed by atoms with van der Waals surface area (Å²) in [4.78, 5) is 37.2. The Morgan fingerprint density at radius 2 is 1.63 bits per heavy atom. The Bertz CT molecular complexity index is 1250. The number of rotatable bonds is 6. The molecule has 1 aliphatic carbocycles. The fourth-order valence-electron chi connectivity index (χ4n) is 4.19. The van der Waals surface area contributed by atoms with E-state index in [1.807, 2.05) is 0 Å². The highest BCUT2D eigenvalue weighted by molar-refractivity contribution is 7.19. The first kappa shape index (κ1) is 24.5. The third-order valence-electron chi connectivity index (χ3n) is 5.91. The Labute approximate surface area is 202 Å². The second-order valence-electron chi connectivity index (χ2n) is 8.25. The Hall–Kier alpha value is -3.66. The molecule has 3 aromatic rings. The number of carbonyl (C=O) groups excluding carboxylic acids is 2. The van der Waals surface area contributed by atoms with Crippen LogP contribution in [0.3, 0.4) is 0 Å². The Morgan fingerprint density at radius 3 is 2.31 bits per heavy atom. The highest BCUT2D eigenvalue weighted by atomic mass is 32.1. The highest BCUT2D eigenvalue weighted by Gasteiger charge is 2.38. The minimum absolute atomic E-state index is 0.0155. The summed E-state index contributed by atoms with van der Waals surface area (Å²) < 4.78 is 38.5. The second-order valence-corrected chi connectivity index (χ2v) is 9.33. The first-order valence-corrected chi connectivity index (χ1v) is 11.7. The monoisotopic (exact) mass is 502 g/mol. The van der Waals surface area contributed by atoms with Crippen molar-refractivity contribution in [3.63, 3.8) is 0 Å². The number of hydrogen-bond acceptors (Lipinski definition) is 4. The SMILES string of the molecule is O=C(Nc1cccc(C(F)(F)F)c1)Nc1ccc(-c2ccc(C(=O)[C@@H]3CCC[C@H]3C(=O)O)cc2)s1. The van der Waals surface area contributed by atoms with Crippen LogP contribution in [0.25, 0.3) is 10.4 Å². The van der Waals surface area contributed by atoms with E-state index < -0.39 is 35.6 Å². The number of hydrogen-bond donors (Lipinski definition) is 3. The number of Topliss-reactive ketones (excluding diaryl/α,β-unsaturated/α-hetero) is 1. The van der Waals surface area contributed by atoms with Crippen molar-refractivity contribution in [2.45, 2.75) is 25.4 Å². The largest absolute Gasteiger partial charge is 0.481 e. The lowest BCUT2D eigenvalue weighted by Gasteiger charge is -2.14. The van der Waals surface area contributed by atoms with Crippen LogP contribution in [0.15, 0.2) is 60.7 Å². The van der Waals surface area contributed by atoms with Gasteiger partial charge >= 0.3 is 18.2 Å². The number of nitrogens with one attached hydrogen (secondary N) is 2. The summed E-state index contributed by atoms with van der Waals surface area (Å²) in [5, 5.41) is 14.8. The molecule has 0 unspecified atom stereocenters. The highest BCUT2D eigenvalue weighted by Crippen LogP contribution is 2.36. The van der Waals surface area contributed by atoms with Crippen molar-refractivity contribution in [2.24, 2.45) is 11.8 Å². The molecule has 6 nitrogen and oxygen atoms in total. The van der Waals surface area contributed by atoms with Gasteiger partial charge in [0.2, 0.25) is 0 Å². The van der Waals surface area contributed by atoms with Gasteiger partial charge in [-0.15, -0.1) is 11.3 Å². The summed E-state index contributed by atoms with van der Waals surface area (Å²) in [5.74, 6) is -2.25. The smallest absolute Gasteiger partial charge is 0.416 e. The third kappa shape index (κ3) is 5.71. The maximum absolute atomic E-state index is 12.8. The molecule has 2 aromatic carbocycles. The molecule has 1 aliphatic rings. The summed E-state index contributed by atoms with van der Waals surface area (Å²) in [6, 6.07) is 14.0. The summed E-state index contributed by atoms with van der Waals surface area (Å²) in [6.45, 7) is 0.